The highest BCUT2D eigenvalue weighted by atomic mass is 35.5. The molecule has 1 aliphatic rings. The van der Waals surface area contributed by atoms with Gasteiger partial charge in [-0.25, -0.2) is 0 Å². The van der Waals surface area contributed by atoms with Gasteiger partial charge in [-0.05, 0) is 49.4 Å². The minimum atomic E-state index is -0.0965. The van der Waals surface area contributed by atoms with E-state index in [4.69, 9.17) is 16.3 Å². The number of hydrogen-bond acceptors (Lipinski definition) is 1. The van der Waals surface area contributed by atoms with Crippen molar-refractivity contribution in [1.29, 1.82) is 0 Å². The number of alkyl halides is 1. The first-order chi connectivity index (χ1) is 9.63. The van der Waals surface area contributed by atoms with Crippen LogP contribution in [0.1, 0.15) is 39.6 Å². The smallest absolute Gasteiger partial charge is 0.122 e. The Labute approximate surface area is 125 Å². The van der Waals surface area contributed by atoms with Gasteiger partial charge in [0.15, 0.2) is 0 Å². The minimum Gasteiger partial charge on any atom is -0.493 e. The van der Waals surface area contributed by atoms with Gasteiger partial charge in [-0.15, -0.1) is 11.6 Å². The topological polar surface area (TPSA) is 9.23 Å². The normalized spacial score (nSPS) is 15.3. The second kappa shape index (κ2) is 5.49. The molecule has 0 aliphatic carbocycles. The van der Waals surface area contributed by atoms with Crippen molar-refractivity contribution in [1.82, 2.24) is 0 Å². The lowest BCUT2D eigenvalue weighted by molar-refractivity contribution is 0.288. The van der Waals surface area contributed by atoms with E-state index < -0.39 is 0 Å². The quantitative estimate of drug-likeness (QED) is 0.709. The Morgan fingerprint density at radius 1 is 1.00 bits per heavy atom. The molecule has 3 rings (SSSR count). The van der Waals surface area contributed by atoms with Gasteiger partial charge in [0, 0.05) is 0 Å². The van der Waals surface area contributed by atoms with Gasteiger partial charge in [-0.1, -0.05) is 41.5 Å². The number of benzene rings is 2. The van der Waals surface area contributed by atoms with E-state index in [-0.39, 0.29) is 5.38 Å². The van der Waals surface area contributed by atoms with Crippen molar-refractivity contribution in [3.05, 3.63) is 64.2 Å². The average Bonchev–Trinajstić information content (AvgIpc) is 2.45. The molecule has 0 saturated heterocycles. The molecular weight excluding hydrogens is 268 g/mol. The van der Waals surface area contributed by atoms with Gasteiger partial charge in [-0.3, -0.25) is 0 Å². The van der Waals surface area contributed by atoms with E-state index >= 15 is 0 Å². The van der Waals surface area contributed by atoms with Crippen LogP contribution in [0.25, 0.3) is 0 Å². The molecule has 0 fully saturated rings. The molecule has 20 heavy (non-hydrogen) atoms. The maximum absolute atomic E-state index is 6.68. The highest BCUT2D eigenvalue weighted by molar-refractivity contribution is 6.22. The van der Waals surface area contributed by atoms with Crippen LogP contribution in [0.2, 0.25) is 0 Å². The lowest BCUT2D eigenvalue weighted by Gasteiger charge is -2.19. The second-order valence-corrected chi connectivity index (χ2v) is 6.04. The van der Waals surface area contributed by atoms with Crippen LogP contribution in [0.15, 0.2) is 36.4 Å². The van der Waals surface area contributed by atoms with Crippen molar-refractivity contribution in [2.75, 3.05) is 6.61 Å². The Kier molecular flexibility index (Phi) is 3.71. The standard InChI is InChI=1S/C18H19ClO/c1-12-8-13(2)10-16(9-12)18(19)15-5-6-17-14(11-15)4-3-7-20-17/h5-6,8-11,18H,3-4,7H2,1-2H3. The molecule has 0 N–H and O–H groups in total. The summed E-state index contributed by atoms with van der Waals surface area (Å²) in [6.45, 7) is 5.05. The number of fused-ring (bicyclic) bond motifs is 1. The van der Waals surface area contributed by atoms with Crippen LogP contribution >= 0.6 is 11.6 Å². The van der Waals surface area contributed by atoms with E-state index in [1.54, 1.807) is 0 Å². The molecule has 1 heterocycles. The molecular formula is C18H19ClO. The molecule has 2 aromatic carbocycles. The molecule has 1 nitrogen and oxygen atoms in total. The third-order valence-electron chi connectivity index (χ3n) is 3.76. The summed E-state index contributed by atoms with van der Waals surface area (Å²) in [5, 5.41) is -0.0965. The van der Waals surface area contributed by atoms with Gasteiger partial charge in [0.1, 0.15) is 5.75 Å². The maximum atomic E-state index is 6.68. The number of halogens is 1. The fourth-order valence-corrected chi connectivity index (χ4v) is 3.15. The summed E-state index contributed by atoms with van der Waals surface area (Å²) in [6, 6.07) is 12.8. The first-order valence-corrected chi connectivity index (χ1v) is 7.55. The molecule has 0 aromatic heterocycles. The van der Waals surface area contributed by atoms with Crippen LogP contribution in [0.4, 0.5) is 0 Å². The Bertz CT molecular complexity index is 613. The summed E-state index contributed by atoms with van der Waals surface area (Å²) in [7, 11) is 0. The van der Waals surface area contributed by atoms with Crippen molar-refractivity contribution in [3.63, 3.8) is 0 Å². The highest BCUT2D eigenvalue weighted by Crippen LogP contribution is 2.34. The first kappa shape index (κ1) is 13.5. The van der Waals surface area contributed by atoms with Gasteiger partial charge in [0.05, 0.1) is 12.0 Å². The largest absolute Gasteiger partial charge is 0.493 e. The predicted octanol–water partition coefficient (Wildman–Crippen LogP) is 4.96. The van der Waals surface area contributed by atoms with Crippen molar-refractivity contribution in [2.45, 2.75) is 32.1 Å². The Balaban J connectivity index is 1.95. The number of ether oxygens (including phenoxy) is 1. The van der Waals surface area contributed by atoms with E-state index in [9.17, 15) is 0 Å². The first-order valence-electron chi connectivity index (χ1n) is 7.11. The lowest BCUT2D eigenvalue weighted by atomic mass is 9.97. The SMILES string of the molecule is Cc1cc(C)cc(C(Cl)c2ccc3c(c2)CCCO3)c1. The molecule has 0 spiro atoms. The molecule has 2 aromatic rings. The molecule has 1 atom stereocenters. The van der Waals surface area contributed by atoms with Crippen LogP contribution in [0, 0.1) is 13.8 Å². The van der Waals surface area contributed by atoms with Crippen LogP contribution in [-0.2, 0) is 6.42 Å². The van der Waals surface area contributed by atoms with Crippen molar-refractivity contribution in [2.24, 2.45) is 0 Å². The van der Waals surface area contributed by atoms with Gasteiger partial charge < -0.3 is 4.74 Å². The van der Waals surface area contributed by atoms with E-state index in [0.717, 1.165) is 30.8 Å². The van der Waals surface area contributed by atoms with E-state index in [1.165, 1.54) is 22.3 Å². The fourth-order valence-electron chi connectivity index (χ4n) is 2.89. The summed E-state index contributed by atoms with van der Waals surface area (Å²) in [5.41, 5.74) is 6.12. The summed E-state index contributed by atoms with van der Waals surface area (Å²) < 4.78 is 5.66. The highest BCUT2D eigenvalue weighted by Gasteiger charge is 2.16. The summed E-state index contributed by atoms with van der Waals surface area (Å²) >= 11 is 6.68. The molecule has 104 valence electrons. The maximum Gasteiger partial charge on any atom is 0.122 e. The molecule has 2 heteroatoms. The zero-order valence-electron chi connectivity index (χ0n) is 11.9. The van der Waals surface area contributed by atoms with Crippen LogP contribution < -0.4 is 4.74 Å². The number of hydrogen-bond donors (Lipinski definition) is 0. The zero-order chi connectivity index (χ0) is 14.1. The molecule has 0 saturated carbocycles. The fraction of sp³-hybridized carbons (Fsp3) is 0.333. The Morgan fingerprint density at radius 2 is 1.75 bits per heavy atom. The van der Waals surface area contributed by atoms with Gasteiger partial charge in [0.2, 0.25) is 0 Å². The van der Waals surface area contributed by atoms with Crippen molar-refractivity contribution >= 4 is 11.6 Å². The lowest BCUT2D eigenvalue weighted by Crippen LogP contribution is -2.09. The third kappa shape index (κ3) is 2.69. The van der Waals surface area contributed by atoms with E-state index in [2.05, 4.69) is 50.2 Å². The molecule has 0 radical (unpaired) electrons. The van der Waals surface area contributed by atoms with Crippen molar-refractivity contribution < 1.29 is 4.74 Å². The molecule has 1 aliphatic heterocycles. The third-order valence-corrected chi connectivity index (χ3v) is 4.27. The van der Waals surface area contributed by atoms with Gasteiger partial charge in [0.25, 0.3) is 0 Å². The number of rotatable bonds is 2. The summed E-state index contributed by atoms with van der Waals surface area (Å²) in [4.78, 5) is 0. The van der Waals surface area contributed by atoms with Crippen LogP contribution in [0.5, 0.6) is 5.75 Å². The van der Waals surface area contributed by atoms with Crippen LogP contribution in [-0.4, -0.2) is 6.61 Å². The van der Waals surface area contributed by atoms with Gasteiger partial charge >= 0.3 is 0 Å². The zero-order valence-corrected chi connectivity index (χ0v) is 12.7. The molecule has 1 unspecified atom stereocenters. The second-order valence-electron chi connectivity index (χ2n) is 5.60. The Hall–Kier alpha value is -1.47. The minimum absolute atomic E-state index is 0.0965. The van der Waals surface area contributed by atoms with E-state index in [0.29, 0.717) is 0 Å². The van der Waals surface area contributed by atoms with E-state index in [1.807, 2.05) is 0 Å². The summed E-state index contributed by atoms with van der Waals surface area (Å²) in [5.74, 6) is 1.02. The average molecular weight is 287 g/mol. The molecule has 0 bridgehead atoms. The van der Waals surface area contributed by atoms with Crippen molar-refractivity contribution in [3.8, 4) is 5.75 Å². The summed E-state index contributed by atoms with van der Waals surface area (Å²) in [6.07, 6.45) is 2.17. The van der Waals surface area contributed by atoms with Crippen LogP contribution in [0.3, 0.4) is 0 Å². The molecule has 0 amide bonds. The van der Waals surface area contributed by atoms with Gasteiger partial charge in [-0.2, -0.15) is 0 Å². The Morgan fingerprint density at radius 3 is 2.50 bits per heavy atom. The predicted molar refractivity (Wildman–Crippen MR) is 83.9 cm³/mol. The monoisotopic (exact) mass is 286 g/mol. The number of aryl methyl sites for hydroxylation is 3.